The molecule has 0 aliphatic rings. The van der Waals surface area contributed by atoms with Crippen molar-refractivity contribution in [3.63, 3.8) is 0 Å². The highest BCUT2D eigenvalue weighted by Crippen LogP contribution is 2.31. The van der Waals surface area contributed by atoms with Crippen LogP contribution in [0.4, 0.5) is 0 Å². The van der Waals surface area contributed by atoms with Gasteiger partial charge in [-0.3, -0.25) is 0 Å². The molecule has 2 nitrogen and oxygen atoms in total. The van der Waals surface area contributed by atoms with E-state index >= 15 is 0 Å². The molecule has 0 bridgehead atoms. The van der Waals surface area contributed by atoms with E-state index in [-0.39, 0.29) is 0 Å². The molecule has 0 amide bonds. The van der Waals surface area contributed by atoms with Crippen molar-refractivity contribution >= 4 is 11.6 Å². The lowest BCUT2D eigenvalue weighted by atomic mass is 9.96. The Morgan fingerprint density at radius 3 is 2.00 bits per heavy atom. The minimum Gasteiger partial charge on any atom is -0.496 e. The summed E-state index contributed by atoms with van der Waals surface area (Å²) >= 11 is 6.06. The van der Waals surface area contributed by atoms with Crippen molar-refractivity contribution in [3.05, 3.63) is 63.2 Å². The first-order valence-electron chi connectivity index (χ1n) is 6.52. The van der Waals surface area contributed by atoms with Crippen LogP contribution in [0, 0.1) is 20.8 Å². The molecule has 0 heterocycles. The molecule has 0 aliphatic carbocycles. The quantitative estimate of drug-likeness (QED) is 0.910. The number of hydrogen-bond donors (Lipinski definition) is 1. The van der Waals surface area contributed by atoms with Crippen molar-refractivity contribution in [2.24, 2.45) is 0 Å². The van der Waals surface area contributed by atoms with E-state index < -0.39 is 6.10 Å². The lowest BCUT2D eigenvalue weighted by Gasteiger charge is -2.16. The SMILES string of the molecule is COc1c(C)cc(C(O)c2cc(C)cc(Cl)c2)cc1C. The Morgan fingerprint density at radius 2 is 1.50 bits per heavy atom. The van der Waals surface area contributed by atoms with Crippen LogP contribution in [0.5, 0.6) is 5.75 Å². The summed E-state index contributed by atoms with van der Waals surface area (Å²) in [5.41, 5.74) is 4.72. The van der Waals surface area contributed by atoms with Crippen molar-refractivity contribution in [1.82, 2.24) is 0 Å². The summed E-state index contributed by atoms with van der Waals surface area (Å²) < 4.78 is 5.35. The number of halogens is 1. The summed E-state index contributed by atoms with van der Waals surface area (Å²) in [5.74, 6) is 0.864. The standard InChI is InChI=1S/C17H19ClO2/c1-10-5-13(9-15(18)6-10)16(19)14-7-11(2)17(20-4)12(3)8-14/h5-9,16,19H,1-4H3. The predicted octanol–water partition coefficient (Wildman–Crippen LogP) is 4.36. The smallest absolute Gasteiger partial charge is 0.124 e. The van der Waals surface area contributed by atoms with Gasteiger partial charge in [0.25, 0.3) is 0 Å². The second-order valence-electron chi connectivity index (χ2n) is 5.15. The molecule has 0 saturated heterocycles. The Hall–Kier alpha value is -1.51. The van der Waals surface area contributed by atoms with Crippen LogP contribution in [0.3, 0.4) is 0 Å². The maximum Gasteiger partial charge on any atom is 0.124 e. The van der Waals surface area contributed by atoms with E-state index in [4.69, 9.17) is 16.3 Å². The molecular formula is C17H19ClO2. The molecule has 1 N–H and O–H groups in total. The van der Waals surface area contributed by atoms with E-state index in [9.17, 15) is 5.11 Å². The number of aliphatic hydroxyl groups is 1. The molecule has 1 atom stereocenters. The van der Waals surface area contributed by atoms with Crippen LogP contribution in [-0.4, -0.2) is 12.2 Å². The summed E-state index contributed by atoms with van der Waals surface area (Å²) in [6.45, 7) is 5.92. The Morgan fingerprint density at radius 1 is 0.950 bits per heavy atom. The van der Waals surface area contributed by atoms with Gasteiger partial charge in [-0.15, -0.1) is 0 Å². The van der Waals surface area contributed by atoms with Crippen LogP contribution < -0.4 is 4.74 Å². The van der Waals surface area contributed by atoms with Gasteiger partial charge in [0.05, 0.1) is 7.11 Å². The van der Waals surface area contributed by atoms with E-state index in [2.05, 4.69) is 0 Å². The molecule has 0 spiro atoms. The largest absolute Gasteiger partial charge is 0.496 e. The van der Waals surface area contributed by atoms with Crippen molar-refractivity contribution in [2.45, 2.75) is 26.9 Å². The number of rotatable bonds is 3. The monoisotopic (exact) mass is 290 g/mol. The van der Waals surface area contributed by atoms with Gasteiger partial charge in [-0.2, -0.15) is 0 Å². The Bertz CT molecular complexity index is 592. The average Bonchev–Trinajstić information content (AvgIpc) is 2.36. The minimum atomic E-state index is -0.685. The number of aliphatic hydroxyl groups excluding tert-OH is 1. The summed E-state index contributed by atoms with van der Waals surface area (Å²) in [4.78, 5) is 0. The van der Waals surface area contributed by atoms with Gasteiger partial charge in [0.15, 0.2) is 0 Å². The van der Waals surface area contributed by atoms with Crippen LogP contribution in [0.25, 0.3) is 0 Å². The molecule has 20 heavy (non-hydrogen) atoms. The fourth-order valence-electron chi connectivity index (χ4n) is 2.58. The molecule has 1 unspecified atom stereocenters. The zero-order valence-corrected chi connectivity index (χ0v) is 13.0. The minimum absolute atomic E-state index is 0.640. The maximum absolute atomic E-state index is 10.6. The molecule has 2 aromatic carbocycles. The highest BCUT2D eigenvalue weighted by atomic mass is 35.5. The van der Waals surface area contributed by atoms with Crippen molar-refractivity contribution < 1.29 is 9.84 Å². The van der Waals surface area contributed by atoms with Gasteiger partial charge in [-0.1, -0.05) is 17.7 Å². The van der Waals surface area contributed by atoms with Crippen LogP contribution >= 0.6 is 11.6 Å². The molecule has 2 aromatic rings. The number of aryl methyl sites for hydroxylation is 3. The van der Waals surface area contributed by atoms with Gasteiger partial charge in [-0.05, 0) is 72.9 Å². The van der Waals surface area contributed by atoms with Crippen LogP contribution in [0.1, 0.15) is 33.9 Å². The number of benzene rings is 2. The molecule has 0 aliphatic heterocycles. The van der Waals surface area contributed by atoms with E-state index in [0.717, 1.165) is 33.6 Å². The highest BCUT2D eigenvalue weighted by molar-refractivity contribution is 6.30. The van der Waals surface area contributed by atoms with Gasteiger partial charge in [0.2, 0.25) is 0 Å². The zero-order valence-electron chi connectivity index (χ0n) is 12.2. The first-order valence-corrected chi connectivity index (χ1v) is 6.90. The molecule has 0 saturated carbocycles. The van der Waals surface area contributed by atoms with Crippen molar-refractivity contribution in [1.29, 1.82) is 0 Å². The van der Waals surface area contributed by atoms with Crippen LogP contribution in [0.15, 0.2) is 30.3 Å². The van der Waals surface area contributed by atoms with Gasteiger partial charge >= 0.3 is 0 Å². The average molecular weight is 291 g/mol. The topological polar surface area (TPSA) is 29.5 Å². The van der Waals surface area contributed by atoms with Crippen molar-refractivity contribution in [2.75, 3.05) is 7.11 Å². The molecule has 2 rings (SSSR count). The molecule has 0 fully saturated rings. The maximum atomic E-state index is 10.6. The summed E-state index contributed by atoms with van der Waals surface area (Å²) in [7, 11) is 1.66. The van der Waals surface area contributed by atoms with Crippen molar-refractivity contribution in [3.8, 4) is 5.75 Å². The second-order valence-corrected chi connectivity index (χ2v) is 5.59. The predicted molar refractivity (Wildman–Crippen MR) is 82.7 cm³/mol. The summed E-state index contributed by atoms with van der Waals surface area (Å²) in [6, 6.07) is 9.53. The Kier molecular flexibility index (Phi) is 4.36. The van der Waals surface area contributed by atoms with Gasteiger partial charge < -0.3 is 9.84 Å². The molecule has 0 aromatic heterocycles. The molecule has 3 heteroatoms. The summed E-state index contributed by atoms with van der Waals surface area (Å²) in [6.07, 6.45) is -0.685. The van der Waals surface area contributed by atoms with Gasteiger partial charge in [0.1, 0.15) is 11.9 Å². The van der Waals surface area contributed by atoms with Gasteiger partial charge in [0, 0.05) is 5.02 Å². The van der Waals surface area contributed by atoms with E-state index in [1.54, 1.807) is 13.2 Å². The normalized spacial score (nSPS) is 12.3. The zero-order chi connectivity index (χ0) is 14.9. The van der Waals surface area contributed by atoms with E-state index in [1.165, 1.54) is 0 Å². The first kappa shape index (κ1) is 14.9. The van der Waals surface area contributed by atoms with Gasteiger partial charge in [-0.25, -0.2) is 0 Å². The Labute approximate surface area is 125 Å². The lowest BCUT2D eigenvalue weighted by molar-refractivity contribution is 0.220. The van der Waals surface area contributed by atoms with Crippen LogP contribution in [-0.2, 0) is 0 Å². The fraction of sp³-hybridized carbons (Fsp3) is 0.294. The number of methoxy groups -OCH3 is 1. The summed E-state index contributed by atoms with van der Waals surface area (Å²) in [5, 5.41) is 11.2. The molecule has 106 valence electrons. The third-order valence-electron chi connectivity index (χ3n) is 3.38. The number of ether oxygens (including phenoxy) is 1. The third-order valence-corrected chi connectivity index (χ3v) is 3.60. The van der Waals surface area contributed by atoms with Crippen LogP contribution in [0.2, 0.25) is 5.02 Å². The lowest BCUT2D eigenvalue weighted by Crippen LogP contribution is -2.02. The second kappa shape index (κ2) is 5.86. The first-order chi connectivity index (χ1) is 9.42. The fourth-order valence-corrected chi connectivity index (χ4v) is 2.88. The molecular weight excluding hydrogens is 272 g/mol. The third kappa shape index (κ3) is 2.97. The molecule has 0 radical (unpaired) electrons. The number of hydrogen-bond acceptors (Lipinski definition) is 2. The van der Waals surface area contributed by atoms with E-state index in [0.29, 0.717) is 5.02 Å². The highest BCUT2D eigenvalue weighted by Gasteiger charge is 2.14. The van der Waals surface area contributed by atoms with E-state index in [1.807, 2.05) is 45.0 Å². The Balaban J connectivity index is 2.45.